The van der Waals surface area contributed by atoms with Crippen molar-refractivity contribution in [2.24, 2.45) is 4.99 Å². The molecule has 0 saturated heterocycles. The van der Waals surface area contributed by atoms with Gasteiger partial charge in [-0.2, -0.15) is 0 Å². The van der Waals surface area contributed by atoms with Crippen LogP contribution in [0.2, 0.25) is 0 Å². The first-order chi connectivity index (χ1) is 14.2. The molecule has 0 bridgehead atoms. The third kappa shape index (κ3) is 3.94. The van der Waals surface area contributed by atoms with Crippen LogP contribution in [-0.4, -0.2) is 28.1 Å². The van der Waals surface area contributed by atoms with E-state index < -0.39 is 0 Å². The van der Waals surface area contributed by atoms with Crippen LogP contribution in [0.3, 0.4) is 0 Å². The van der Waals surface area contributed by atoms with E-state index in [4.69, 9.17) is 20.1 Å². The summed E-state index contributed by atoms with van der Waals surface area (Å²) in [5.41, 5.74) is 12.2. The van der Waals surface area contributed by atoms with Crippen molar-refractivity contribution in [2.75, 3.05) is 12.8 Å². The van der Waals surface area contributed by atoms with Crippen molar-refractivity contribution in [3.05, 3.63) is 70.7 Å². The number of nitrogen functional groups attached to an aromatic ring is 1. The van der Waals surface area contributed by atoms with Crippen LogP contribution in [0.25, 0.3) is 12.2 Å². The minimum absolute atomic E-state index is 0.224. The summed E-state index contributed by atoms with van der Waals surface area (Å²) in [7, 11) is 1.66. The van der Waals surface area contributed by atoms with Crippen molar-refractivity contribution in [1.82, 2.24) is 15.3 Å². The molecule has 1 aliphatic rings. The molecule has 146 valence electrons. The fraction of sp³-hybridized carbons (Fsp3) is 0.182. The van der Waals surface area contributed by atoms with Crippen LogP contribution in [0.15, 0.2) is 57.9 Å². The van der Waals surface area contributed by atoms with E-state index in [9.17, 15) is 0 Å². The zero-order valence-corrected chi connectivity index (χ0v) is 16.3. The SMILES string of the molecule is CCC1=CC(c2nonc2N)=Nc2cncc(/C=C/c3ccc(OC)cc3)c2C1. The second-order valence-electron chi connectivity index (χ2n) is 6.66. The highest BCUT2D eigenvalue weighted by Crippen LogP contribution is 2.31. The number of hydrogen-bond donors (Lipinski definition) is 1. The Labute approximate surface area is 168 Å². The first-order valence-electron chi connectivity index (χ1n) is 9.33. The summed E-state index contributed by atoms with van der Waals surface area (Å²) >= 11 is 0. The number of benzene rings is 1. The number of nitrogens with two attached hydrogens (primary N) is 1. The predicted octanol–water partition coefficient (Wildman–Crippen LogP) is 4.24. The molecule has 0 saturated carbocycles. The van der Waals surface area contributed by atoms with Gasteiger partial charge in [-0.1, -0.05) is 36.8 Å². The van der Waals surface area contributed by atoms with E-state index in [1.165, 1.54) is 5.57 Å². The normalized spacial score (nSPS) is 13.6. The Balaban J connectivity index is 1.73. The van der Waals surface area contributed by atoms with E-state index in [0.717, 1.165) is 41.0 Å². The summed E-state index contributed by atoms with van der Waals surface area (Å²) in [5.74, 6) is 1.06. The molecule has 1 aromatic carbocycles. The molecule has 2 N–H and O–H groups in total. The monoisotopic (exact) mass is 387 g/mol. The van der Waals surface area contributed by atoms with Gasteiger partial charge in [-0.25, -0.2) is 9.62 Å². The molecule has 1 aliphatic heterocycles. The highest BCUT2D eigenvalue weighted by molar-refractivity contribution is 6.11. The van der Waals surface area contributed by atoms with Crippen molar-refractivity contribution in [3.63, 3.8) is 0 Å². The van der Waals surface area contributed by atoms with Crippen LogP contribution < -0.4 is 10.5 Å². The second kappa shape index (κ2) is 8.10. The number of ether oxygens (including phenoxy) is 1. The zero-order valence-electron chi connectivity index (χ0n) is 16.3. The van der Waals surface area contributed by atoms with Crippen molar-refractivity contribution in [2.45, 2.75) is 19.8 Å². The van der Waals surface area contributed by atoms with Gasteiger partial charge in [0.2, 0.25) is 0 Å². The predicted molar refractivity (Wildman–Crippen MR) is 113 cm³/mol. The Morgan fingerprint density at radius 1 is 1.14 bits per heavy atom. The fourth-order valence-electron chi connectivity index (χ4n) is 3.18. The van der Waals surface area contributed by atoms with Gasteiger partial charge in [-0.05, 0) is 58.1 Å². The molecular weight excluding hydrogens is 366 g/mol. The number of aliphatic imine (C=N–C) groups is 1. The number of rotatable bonds is 5. The van der Waals surface area contributed by atoms with Crippen molar-refractivity contribution in [3.8, 4) is 5.75 Å². The average molecular weight is 387 g/mol. The van der Waals surface area contributed by atoms with Gasteiger partial charge in [0.1, 0.15) is 5.75 Å². The van der Waals surface area contributed by atoms with Crippen LogP contribution in [-0.2, 0) is 6.42 Å². The van der Waals surface area contributed by atoms with Gasteiger partial charge in [0.05, 0.1) is 24.7 Å². The van der Waals surface area contributed by atoms with Gasteiger partial charge < -0.3 is 10.5 Å². The molecule has 4 rings (SSSR count). The van der Waals surface area contributed by atoms with Crippen molar-refractivity contribution >= 4 is 29.4 Å². The van der Waals surface area contributed by atoms with E-state index in [0.29, 0.717) is 11.4 Å². The third-order valence-electron chi connectivity index (χ3n) is 4.84. The number of allylic oxidation sites excluding steroid dienone is 2. The van der Waals surface area contributed by atoms with Gasteiger partial charge in [-0.15, -0.1) is 0 Å². The summed E-state index contributed by atoms with van der Waals surface area (Å²) in [4.78, 5) is 9.14. The minimum Gasteiger partial charge on any atom is -0.497 e. The maximum absolute atomic E-state index is 5.88. The Morgan fingerprint density at radius 2 is 1.97 bits per heavy atom. The lowest BCUT2D eigenvalue weighted by Crippen LogP contribution is -2.02. The van der Waals surface area contributed by atoms with Crippen molar-refractivity contribution in [1.29, 1.82) is 0 Å². The van der Waals surface area contributed by atoms with E-state index in [-0.39, 0.29) is 5.82 Å². The molecule has 29 heavy (non-hydrogen) atoms. The molecule has 3 heterocycles. The summed E-state index contributed by atoms with van der Waals surface area (Å²) in [6, 6.07) is 7.90. The first kappa shape index (κ1) is 18.6. The van der Waals surface area contributed by atoms with Crippen LogP contribution in [0.1, 0.15) is 35.7 Å². The molecule has 0 unspecified atom stereocenters. The van der Waals surface area contributed by atoms with Gasteiger partial charge in [0, 0.05) is 6.20 Å². The number of pyridine rings is 1. The summed E-state index contributed by atoms with van der Waals surface area (Å²) in [5, 5.41) is 7.57. The number of nitrogens with zero attached hydrogens (tertiary/aromatic N) is 4. The molecule has 0 aliphatic carbocycles. The number of anilines is 1. The highest BCUT2D eigenvalue weighted by Gasteiger charge is 2.19. The van der Waals surface area contributed by atoms with Gasteiger partial charge >= 0.3 is 0 Å². The summed E-state index contributed by atoms with van der Waals surface area (Å²) in [6.07, 6.45) is 11.4. The lowest BCUT2D eigenvalue weighted by atomic mass is 9.98. The van der Waals surface area contributed by atoms with Gasteiger partial charge in [0.25, 0.3) is 0 Å². The molecule has 7 nitrogen and oxygen atoms in total. The van der Waals surface area contributed by atoms with Crippen LogP contribution in [0.5, 0.6) is 5.75 Å². The maximum Gasteiger partial charge on any atom is 0.198 e. The molecule has 0 atom stereocenters. The standard InChI is InChI=1S/C22H21N5O2/c1-3-14-10-18-16(7-4-15-5-8-17(28-2)9-6-15)12-24-13-20(18)25-19(11-14)21-22(23)27-29-26-21/h4-9,11-13H,3,10H2,1-2H3,(H2,23,27)/b7-4+. The van der Waals surface area contributed by atoms with Crippen LogP contribution in [0.4, 0.5) is 11.5 Å². The largest absolute Gasteiger partial charge is 0.497 e. The molecule has 0 amide bonds. The molecule has 0 fully saturated rings. The van der Waals surface area contributed by atoms with E-state index in [1.54, 1.807) is 13.3 Å². The molecule has 3 aromatic rings. The Kier molecular flexibility index (Phi) is 5.20. The number of methoxy groups -OCH3 is 1. The Hall–Kier alpha value is -3.74. The van der Waals surface area contributed by atoms with Gasteiger partial charge in [0.15, 0.2) is 11.5 Å². The van der Waals surface area contributed by atoms with E-state index in [1.807, 2.05) is 36.5 Å². The average Bonchev–Trinajstić information content (AvgIpc) is 3.08. The lowest BCUT2D eigenvalue weighted by molar-refractivity contribution is 0.308. The fourth-order valence-corrected chi connectivity index (χ4v) is 3.18. The van der Waals surface area contributed by atoms with Crippen LogP contribution >= 0.6 is 0 Å². The Morgan fingerprint density at radius 3 is 2.66 bits per heavy atom. The first-order valence-corrected chi connectivity index (χ1v) is 9.33. The summed E-state index contributed by atoms with van der Waals surface area (Å²) < 4.78 is 9.97. The topological polar surface area (TPSA) is 99.4 Å². The van der Waals surface area contributed by atoms with Gasteiger partial charge in [-0.3, -0.25) is 4.98 Å². The highest BCUT2D eigenvalue weighted by atomic mass is 16.6. The zero-order chi connectivity index (χ0) is 20.2. The lowest BCUT2D eigenvalue weighted by Gasteiger charge is -2.09. The number of hydrogen-bond acceptors (Lipinski definition) is 7. The number of aromatic nitrogens is 3. The number of fused-ring (bicyclic) bond motifs is 1. The van der Waals surface area contributed by atoms with Crippen molar-refractivity contribution < 1.29 is 9.37 Å². The smallest absolute Gasteiger partial charge is 0.198 e. The van der Waals surface area contributed by atoms with E-state index >= 15 is 0 Å². The quantitative estimate of drug-likeness (QED) is 0.703. The summed E-state index contributed by atoms with van der Waals surface area (Å²) in [6.45, 7) is 2.12. The maximum atomic E-state index is 5.88. The molecule has 0 spiro atoms. The molecule has 0 radical (unpaired) electrons. The third-order valence-corrected chi connectivity index (χ3v) is 4.84. The molecular formula is C22H21N5O2. The van der Waals surface area contributed by atoms with E-state index in [2.05, 4.69) is 34.4 Å². The van der Waals surface area contributed by atoms with Crippen LogP contribution in [0, 0.1) is 0 Å². The Bertz CT molecular complexity index is 1110. The minimum atomic E-state index is 0.224. The molecule has 7 heteroatoms. The molecule has 2 aromatic heterocycles. The second-order valence-corrected chi connectivity index (χ2v) is 6.66.